The molecule has 4 aliphatic heterocycles. The topological polar surface area (TPSA) is 233 Å². The molecule has 3 fully saturated rings. The molecule has 6 aromatic rings. The highest BCUT2D eigenvalue weighted by Crippen LogP contribution is 2.44. The number of rotatable bonds is 22. The number of H-pyrrole nitrogens is 1. The van der Waals surface area contributed by atoms with Crippen molar-refractivity contribution in [3.05, 3.63) is 152 Å². The van der Waals surface area contributed by atoms with Crippen molar-refractivity contribution in [2.45, 2.75) is 115 Å². The standard InChI is InChI=1S/C65H75ClN10O9S/c1-65(2)26-22-47(54(38-65)45-12-14-48(66)15-13-45)41-73-31-33-74(34-32-73)49-16-18-53(59(36-49)85-50-35-46-23-27-67-61(46)69-40-50)62(78)71-86(83,84)51-17-19-56(58(37-51)76(81)82)68-39-43-24-29-72(30-25-43)28-7-5-3-4-6-9-44-10-8-11-52-55(44)42-75(64(52)80)57-20-21-60(77)70-63(57)79/h8,10-19,23,27,35-37,40,43,57,68H,3-7,9,20-22,24-26,28-34,38-39,41-42H2,1-2H3,(H,67,69)(H,71,78)(H,70,77,79). The first-order chi connectivity index (χ1) is 41.4. The van der Waals surface area contributed by atoms with Crippen molar-refractivity contribution in [2.75, 3.05) is 69.1 Å². The number of aryl methyl sites for hydroxylation is 1. The van der Waals surface area contributed by atoms with Crippen LogP contribution in [0.3, 0.4) is 0 Å². The molecule has 1 unspecified atom stereocenters. The summed E-state index contributed by atoms with van der Waals surface area (Å²) in [5, 5.41) is 19.6. The summed E-state index contributed by atoms with van der Waals surface area (Å²) in [6, 6.07) is 25.7. The average Bonchev–Trinajstić information content (AvgIpc) is 4.36. The van der Waals surface area contributed by atoms with E-state index in [1.807, 2.05) is 30.3 Å². The summed E-state index contributed by atoms with van der Waals surface area (Å²) < 4.78 is 36.5. The number of imide groups is 1. The van der Waals surface area contributed by atoms with Crippen LogP contribution in [-0.4, -0.2) is 127 Å². The molecule has 19 nitrogen and oxygen atoms in total. The normalized spacial score (nSPS) is 18.8. The van der Waals surface area contributed by atoms with Crippen molar-refractivity contribution < 1.29 is 37.3 Å². The van der Waals surface area contributed by atoms with E-state index < -0.39 is 43.4 Å². The largest absolute Gasteiger partial charge is 0.455 e. The minimum absolute atomic E-state index is 0.0472. The zero-order valence-electron chi connectivity index (χ0n) is 48.9. The van der Waals surface area contributed by atoms with Crippen molar-refractivity contribution in [3.63, 3.8) is 0 Å². The van der Waals surface area contributed by atoms with E-state index >= 15 is 0 Å². The molecule has 452 valence electrons. The maximum atomic E-state index is 14.2. The van der Waals surface area contributed by atoms with E-state index in [0.29, 0.717) is 49.6 Å². The van der Waals surface area contributed by atoms with Gasteiger partial charge in [0.1, 0.15) is 28.9 Å². The maximum Gasteiger partial charge on any atom is 0.293 e. The van der Waals surface area contributed by atoms with Gasteiger partial charge < -0.3 is 29.7 Å². The van der Waals surface area contributed by atoms with Crippen LogP contribution in [-0.2, 0) is 32.6 Å². The lowest BCUT2D eigenvalue weighted by Gasteiger charge is -2.39. The molecule has 6 heterocycles. The number of sulfonamides is 1. The Labute approximate surface area is 507 Å². The van der Waals surface area contributed by atoms with Gasteiger partial charge in [0.05, 0.1) is 21.6 Å². The summed E-state index contributed by atoms with van der Waals surface area (Å²) in [5.41, 5.74) is 8.26. The van der Waals surface area contributed by atoms with E-state index in [9.17, 15) is 37.7 Å². The first-order valence-electron chi connectivity index (χ1n) is 30.2. The van der Waals surface area contributed by atoms with E-state index in [1.165, 1.54) is 35.0 Å². The van der Waals surface area contributed by atoms with Crippen molar-refractivity contribution in [1.82, 2.24) is 34.7 Å². The summed E-state index contributed by atoms with van der Waals surface area (Å²) in [6.45, 7) is 12.3. The molecule has 4 N–H and O–H groups in total. The van der Waals surface area contributed by atoms with Gasteiger partial charge in [-0.1, -0.05) is 74.5 Å². The fourth-order valence-corrected chi connectivity index (χ4v) is 14.0. The predicted molar refractivity (Wildman–Crippen MR) is 332 cm³/mol. The van der Waals surface area contributed by atoms with E-state index in [0.717, 1.165) is 143 Å². The number of nitrogens with one attached hydrogen (secondary N) is 4. The molecule has 4 aromatic carbocycles. The summed E-state index contributed by atoms with van der Waals surface area (Å²) in [4.78, 5) is 79.3. The third-order valence-electron chi connectivity index (χ3n) is 17.9. The van der Waals surface area contributed by atoms with E-state index in [4.69, 9.17) is 16.3 Å². The Morgan fingerprint density at radius 1 is 0.872 bits per heavy atom. The number of hydrogen-bond acceptors (Lipinski definition) is 14. The molecule has 21 heteroatoms. The van der Waals surface area contributed by atoms with Crippen LogP contribution in [0.25, 0.3) is 16.6 Å². The number of aromatic nitrogens is 2. The summed E-state index contributed by atoms with van der Waals surface area (Å²) in [6.07, 6.45) is 15.1. The van der Waals surface area contributed by atoms with E-state index in [-0.39, 0.29) is 46.6 Å². The fraction of sp³-hybridized carbons (Fsp3) is 0.431. The van der Waals surface area contributed by atoms with E-state index in [2.05, 4.69) is 72.1 Å². The number of nitro groups is 1. The number of unbranched alkanes of at least 4 members (excludes halogenated alkanes) is 4. The summed E-state index contributed by atoms with van der Waals surface area (Å²) >= 11 is 6.27. The number of carbonyl (C=O) groups excluding carboxylic acids is 4. The lowest BCUT2D eigenvalue weighted by molar-refractivity contribution is -0.384. The van der Waals surface area contributed by atoms with E-state index in [1.54, 1.807) is 35.4 Å². The third-order valence-corrected chi connectivity index (χ3v) is 19.5. The highest BCUT2D eigenvalue weighted by Gasteiger charge is 2.40. The number of aromatic amines is 1. The lowest BCUT2D eigenvalue weighted by atomic mass is 9.72. The Morgan fingerprint density at radius 3 is 2.43 bits per heavy atom. The molecule has 5 aliphatic rings. The molecule has 86 heavy (non-hydrogen) atoms. The number of ether oxygens (including phenoxy) is 1. The van der Waals surface area contributed by atoms with Crippen molar-refractivity contribution in [3.8, 4) is 11.5 Å². The number of pyridine rings is 1. The minimum Gasteiger partial charge on any atom is -0.455 e. The quantitative estimate of drug-likeness (QED) is 0.0214. The second-order valence-electron chi connectivity index (χ2n) is 24.5. The number of carbonyl (C=O) groups is 4. The molecule has 4 amide bonds. The Morgan fingerprint density at radius 2 is 1.65 bits per heavy atom. The molecule has 1 atom stereocenters. The highest BCUT2D eigenvalue weighted by molar-refractivity contribution is 7.90. The van der Waals surface area contributed by atoms with Gasteiger partial charge >= 0.3 is 0 Å². The van der Waals surface area contributed by atoms with Gasteiger partial charge in [-0.2, -0.15) is 0 Å². The van der Waals surface area contributed by atoms with Gasteiger partial charge in [0, 0.05) is 92.2 Å². The number of allylic oxidation sites excluding steroid dienone is 1. The number of amides is 4. The SMILES string of the molecule is CC1(C)CCC(CN2CCN(c3ccc(C(=O)NS(=O)(=O)c4ccc(NCC5CCN(CCCCCCCc6cccc7c6CN(C6CCC(=O)NC6=O)C7=O)CC5)c([N+](=O)[O-])c4)c(Oc4cnc5[nH]ccc5c4)c3)CC2)=C(c2ccc(Cl)cc2)C1. The molecule has 0 radical (unpaired) electrons. The van der Waals surface area contributed by atoms with Crippen LogP contribution in [0, 0.1) is 21.4 Å². The second-order valence-corrected chi connectivity index (χ2v) is 26.6. The number of hydrogen-bond donors (Lipinski definition) is 4. The van der Waals surface area contributed by atoms with Crippen LogP contribution in [0.2, 0.25) is 5.02 Å². The Bertz CT molecular complexity index is 3680. The summed E-state index contributed by atoms with van der Waals surface area (Å²) in [7, 11) is -4.61. The second kappa shape index (κ2) is 26.1. The van der Waals surface area contributed by atoms with Crippen LogP contribution < -0.4 is 25.0 Å². The summed E-state index contributed by atoms with van der Waals surface area (Å²) in [5.74, 6) is -1.08. The number of likely N-dealkylation sites (tertiary alicyclic amines) is 1. The van der Waals surface area contributed by atoms with Crippen molar-refractivity contribution in [1.29, 1.82) is 0 Å². The third kappa shape index (κ3) is 14.1. The van der Waals surface area contributed by atoms with Crippen molar-refractivity contribution in [2.24, 2.45) is 11.3 Å². The highest BCUT2D eigenvalue weighted by atomic mass is 35.5. The first-order valence-corrected chi connectivity index (χ1v) is 32.1. The lowest BCUT2D eigenvalue weighted by Crippen LogP contribution is -2.52. The van der Waals surface area contributed by atoms with Crippen LogP contribution in [0.5, 0.6) is 11.5 Å². The molecule has 0 spiro atoms. The number of nitro benzene ring substituents is 1. The van der Waals surface area contributed by atoms with Gasteiger partial charge in [0.2, 0.25) is 11.8 Å². The molecule has 2 aromatic heterocycles. The maximum absolute atomic E-state index is 14.2. The average molecular weight is 1210 g/mol. The van der Waals surface area contributed by atoms with Crippen LogP contribution in [0.1, 0.15) is 128 Å². The molecule has 11 rings (SSSR count). The minimum atomic E-state index is -4.61. The molecule has 1 aliphatic carbocycles. The van der Waals surface area contributed by atoms with Gasteiger partial charge in [0.25, 0.3) is 27.5 Å². The number of anilines is 2. The zero-order valence-corrected chi connectivity index (χ0v) is 50.4. The number of fused-ring (bicyclic) bond motifs is 2. The van der Waals surface area contributed by atoms with Crippen LogP contribution >= 0.6 is 11.6 Å². The van der Waals surface area contributed by atoms with Gasteiger partial charge in [-0.15, -0.1) is 0 Å². The van der Waals surface area contributed by atoms with Gasteiger partial charge in [-0.05, 0) is 166 Å². The van der Waals surface area contributed by atoms with Crippen LogP contribution in [0.15, 0.2) is 114 Å². The van der Waals surface area contributed by atoms with Crippen LogP contribution in [0.4, 0.5) is 17.1 Å². The molecule has 0 saturated carbocycles. The number of halogens is 1. The smallest absolute Gasteiger partial charge is 0.293 e. The molecule has 0 bridgehead atoms. The predicted octanol–water partition coefficient (Wildman–Crippen LogP) is 10.9. The number of piperazine rings is 1. The number of piperidine rings is 2. The van der Waals surface area contributed by atoms with Crippen molar-refractivity contribution >= 4 is 78.9 Å². The Hall–Kier alpha value is -7.65. The number of nitrogens with zero attached hydrogens (tertiary/aromatic N) is 6. The molecular formula is C65H75ClN10O9S. The Kier molecular flexibility index (Phi) is 18.3. The first kappa shape index (κ1) is 60.1. The fourth-order valence-electron chi connectivity index (χ4n) is 12.9. The van der Waals surface area contributed by atoms with Gasteiger partial charge in [0.15, 0.2) is 0 Å². The number of benzene rings is 4. The Balaban J connectivity index is 0.658. The van der Waals surface area contributed by atoms with Gasteiger partial charge in [-0.3, -0.25) is 39.5 Å². The molecule has 3 saturated heterocycles. The molecular weight excluding hydrogens is 1130 g/mol. The monoisotopic (exact) mass is 1210 g/mol. The zero-order chi connectivity index (χ0) is 60.1. The van der Waals surface area contributed by atoms with Gasteiger partial charge in [-0.25, -0.2) is 18.1 Å².